The minimum absolute atomic E-state index is 0.121. The van der Waals surface area contributed by atoms with E-state index < -0.39 is 10.0 Å². The van der Waals surface area contributed by atoms with E-state index in [9.17, 15) is 8.42 Å². The van der Waals surface area contributed by atoms with Crippen molar-refractivity contribution < 1.29 is 8.42 Å². The van der Waals surface area contributed by atoms with Gasteiger partial charge in [0.25, 0.3) is 0 Å². The van der Waals surface area contributed by atoms with Crippen LogP contribution in [0.25, 0.3) is 11.0 Å². The summed E-state index contributed by atoms with van der Waals surface area (Å²) in [6.07, 6.45) is 7.89. The maximum absolute atomic E-state index is 12.0. The fraction of sp³-hybridized carbons (Fsp3) is 0.737. The number of aryl methyl sites for hydroxylation is 2. The number of anilines is 1. The molecule has 2 aromatic rings. The van der Waals surface area contributed by atoms with E-state index in [2.05, 4.69) is 15.0 Å². The van der Waals surface area contributed by atoms with Crippen LogP contribution < -0.4 is 4.90 Å². The zero-order chi connectivity index (χ0) is 20.5. The number of aromatic nitrogens is 4. The van der Waals surface area contributed by atoms with Gasteiger partial charge in [0.2, 0.25) is 16.0 Å². The average molecular weight is 409 g/mol. The Bertz CT molecular complexity index is 922. The molecule has 1 saturated carbocycles. The monoisotopic (exact) mass is 408 g/mol. The van der Waals surface area contributed by atoms with Crippen molar-refractivity contribution in [2.75, 3.05) is 30.8 Å². The van der Waals surface area contributed by atoms with E-state index in [-0.39, 0.29) is 6.04 Å². The Kier molecular flexibility index (Phi) is 6.24. The second-order valence-corrected chi connectivity index (χ2v) is 9.60. The molecule has 1 saturated heterocycles. The predicted octanol–water partition coefficient (Wildman–Crippen LogP) is 2.34. The molecule has 0 aromatic carbocycles. The SMILES string of the molecule is CC.Cc1nn(C)c2nc(N3CCN(S(C)(=O)=O)CC3CC3CCC3)ncc12. The summed E-state index contributed by atoms with van der Waals surface area (Å²) in [5.41, 5.74) is 1.74. The fourth-order valence-corrected chi connectivity index (χ4v) is 4.89. The molecule has 9 heteroatoms. The normalized spacial score (nSPS) is 21.3. The zero-order valence-electron chi connectivity index (χ0n) is 17.6. The zero-order valence-corrected chi connectivity index (χ0v) is 18.4. The molecule has 2 fully saturated rings. The average Bonchev–Trinajstić information content (AvgIpc) is 2.92. The molecule has 1 aliphatic heterocycles. The van der Waals surface area contributed by atoms with Gasteiger partial charge in [-0.15, -0.1) is 0 Å². The maximum Gasteiger partial charge on any atom is 0.227 e. The van der Waals surface area contributed by atoms with Gasteiger partial charge >= 0.3 is 0 Å². The smallest absolute Gasteiger partial charge is 0.227 e. The summed E-state index contributed by atoms with van der Waals surface area (Å²) in [6.45, 7) is 7.56. The highest BCUT2D eigenvalue weighted by Crippen LogP contribution is 2.34. The van der Waals surface area contributed by atoms with Gasteiger partial charge in [0.15, 0.2) is 5.65 Å². The van der Waals surface area contributed by atoms with E-state index in [0.717, 1.165) is 23.1 Å². The van der Waals surface area contributed by atoms with Gasteiger partial charge in [0, 0.05) is 38.9 Å². The van der Waals surface area contributed by atoms with Gasteiger partial charge in [-0.3, -0.25) is 4.68 Å². The molecule has 2 aromatic heterocycles. The Morgan fingerprint density at radius 2 is 1.93 bits per heavy atom. The maximum atomic E-state index is 12.0. The molecular formula is C19H32N6O2S. The van der Waals surface area contributed by atoms with Gasteiger partial charge in [-0.25, -0.2) is 13.4 Å². The van der Waals surface area contributed by atoms with Gasteiger partial charge in [0.1, 0.15) is 0 Å². The highest BCUT2D eigenvalue weighted by Gasteiger charge is 2.35. The second kappa shape index (κ2) is 8.32. The third-order valence-corrected chi connectivity index (χ3v) is 7.02. The second-order valence-electron chi connectivity index (χ2n) is 7.62. The summed E-state index contributed by atoms with van der Waals surface area (Å²) < 4.78 is 27.4. The van der Waals surface area contributed by atoms with Crippen molar-refractivity contribution in [1.82, 2.24) is 24.1 Å². The molecule has 0 bridgehead atoms. The first kappa shape index (κ1) is 21.0. The van der Waals surface area contributed by atoms with Crippen molar-refractivity contribution in [2.24, 2.45) is 13.0 Å². The number of hydrogen-bond acceptors (Lipinski definition) is 6. The summed E-state index contributed by atoms with van der Waals surface area (Å²) in [5, 5.41) is 5.38. The van der Waals surface area contributed by atoms with Gasteiger partial charge < -0.3 is 4.90 Å². The molecule has 0 spiro atoms. The van der Waals surface area contributed by atoms with E-state index in [0.29, 0.717) is 31.5 Å². The Labute approximate surface area is 168 Å². The number of sulfonamides is 1. The van der Waals surface area contributed by atoms with E-state index in [4.69, 9.17) is 4.98 Å². The molecule has 8 nitrogen and oxygen atoms in total. The first-order chi connectivity index (χ1) is 13.3. The van der Waals surface area contributed by atoms with Crippen molar-refractivity contribution in [2.45, 2.75) is 52.5 Å². The van der Waals surface area contributed by atoms with Gasteiger partial charge in [-0.05, 0) is 19.3 Å². The van der Waals surface area contributed by atoms with Crippen LogP contribution in [0.2, 0.25) is 0 Å². The quantitative estimate of drug-likeness (QED) is 0.772. The Morgan fingerprint density at radius 3 is 2.54 bits per heavy atom. The minimum atomic E-state index is -3.18. The highest BCUT2D eigenvalue weighted by atomic mass is 32.2. The van der Waals surface area contributed by atoms with Gasteiger partial charge in [0.05, 0.1) is 17.3 Å². The molecule has 0 N–H and O–H groups in total. The Balaban J connectivity index is 0.00000109. The summed E-state index contributed by atoms with van der Waals surface area (Å²) in [7, 11) is -1.29. The fourth-order valence-electron chi connectivity index (χ4n) is 4.04. The molecule has 2 aliphatic rings. The van der Waals surface area contributed by atoms with Crippen molar-refractivity contribution in [3.63, 3.8) is 0 Å². The summed E-state index contributed by atoms with van der Waals surface area (Å²) in [5.74, 6) is 1.36. The van der Waals surface area contributed by atoms with Crippen LogP contribution >= 0.6 is 0 Å². The summed E-state index contributed by atoms with van der Waals surface area (Å²) in [4.78, 5) is 11.5. The van der Waals surface area contributed by atoms with Crippen molar-refractivity contribution in [1.29, 1.82) is 0 Å². The van der Waals surface area contributed by atoms with E-state index >= 15 is 0 Å². The topological polar surface area (TPSA) is 84.2 Å². The lowest BCUT2D eigenvalue weighted by atomic mass is 9.80. The molecule has 3 heterocycles. The third kappa shape index (κ3) is 4.15. The summed E-state index contributed by atoms with van der Waals surface area (Å²) >= 11 is 0. The number of piperazine rings is 1. The lowest BCUT2D eigenvalue weighted by molar-refractivity contribution is 0.235. The number of rotatable bonds is 4. The van der Waals surface area contributed by atoms with Crippen LogP contribution in [0.3, 0.4) is 0 Å². The van der Waals surface area contributed by atoms with Gasteiger partial charge in [-0.1, -0.05) is 33.1 Å². The first-order valence-corrected chi connectivity index (χ1v) is 12.1. The molecule has 156 valence electrons. The van der Waals surface area contributed by atoms with Crippen LogP contribution in [0, 0.1) is 12.8 Å². The largest absolute Gasteiger partial charge is 0.335 e. The third-order valence-electron chi connectivity index (χ3n) is 5.75. The Hall–Kier alpha value is -1.74. The molecule has 1 atom stereocenters. The standard InChI is InChI=1S/C17H26N6O2S.C2H6/c1-12-15-10-18-17(19-16(15)21(2)20-12)23-8-7-22(26(3,24)25)11-14(23)9-13-5-4-6-13;1-2/h10,13-14H,4-9,11H2,1-3H3;1-2H3. The van der Waals surface area contributed by atoms with Crippen LogP contribution in [0.5, 0.6) is 0 Å². The van der Waals surface area contributed by atoms with Crippen LogP contribution in [-0.4, -0.2) is 64.4 Å². The highest BCUT2D eigenvalue weighted by molar-refractivity contribution is 7.88. The van der Waals surface area contributed by atoms with Crippen LogP contribution in [0.1, 0.15) is 45.2 Å². The first-order valence-electron chi connectivity index (χ1n) is 10.2. The van der Waals surface area contributed by atoms with Crippen LogP contribution in [-0.2, 0) is 17.1 Å². The predicted molar refractivity (Wildman–Crippen MR) is 112 cm³/mol. The lowest BCUT2D eigenvalue weighted by Gasteiger charge is -2.43. The molecule has 0 amide bonds. The summed E-state index contributed by atoms with van der Waals surface area (Å²) in [6, 6.07) is 0.121. The Morgan fingerprint density at radius 1 is 1.21 bits per heavy atom. The van der Waals surface area contributed by atoms with Gasteiger partial charge in [-0.2, -0.15) is 14.4 Å². The lowest BCUT2D eigenvalue weighted by Crippen LogP contribution is -2.55. The van der Waals surface area contributed by atoms with Crippen molar-refractivity contribution in [3.05, 3.63) is 11.9 Å². The number of nitrogens with zero attached hydrogens (tertiary/aromatic N) is 6. The van der Waals surface area contributed by atoms with Crippen molar-refractivity contribution >= 4 is 27.0 Å². The molecule has 0 radical (unpaired) electrons. The number of hydrogen-bond donors (Lipinski definition) is 0. The van der Waals surface area contributed by atoms with E-state index in [1.165, 1.54) is 25.5 Å². The molecule has 4 rings (SSSR count). The van der Waals surface area contributed by atoms with E-state index in [1.807, 2.05) is 34.0 Å². The number of fused-ring (bicyclic) bond motifs is 1. The minimum Gasteiger partial charge on any atom is -0.335 e. The van der Waals surface area contributed by atoms with Crippen molar-refractivity contribution in [3.8, 4) is 0 Å². The molecular weight excluding hydrogens is 376 g/mol. The molecule has 1 aliphatic carbocycles. The van der Waals surface area contributed by atoms with Crippen LogP contribution in [0.15, 0.2) is 6.20 Å². The molecule has 28 heavy (non-hydrogen) atoms. The van der Waals surface area contributed by atoms with E-state index in [1.54, 1.807) is 8.99 Å². The van der Waals surface area contributed by atoms with Crippen LogP contribution in [0.4, 0.5) is 5.95 Å². The molecule has 1 unspecified atom stereocenters.